The molecule has 0 aromatic heterocycles. The predicted octanol–water partition coefficient (Wildman–Crippen LogP) is 4.01. The second-order valence-electron chi connectivity index (χ2n) is 4.63. The van der Waals surface area contributed by atoms with Gasteiger partial charge in [0.1, 0.15) is 17.6 Å². The summed E-state index contributed by atoms with van der Waals surface area (Å²) in [6, 6.07) is 13.4. The first kappa shape index (κ1) is 13.4. The average molecular weight is 380 g/mol. The van der Waals surface area contributed by atoms with E-state index >= 15 is 0 Å². The van der Waals surface area contributed by atoms with Gasteiger partial charge in [-0.1, -0.05) is 30.3 Å². The van der Waals surface area contributed by atoms with Crippen molar-refractivity contribution in [1.82, 2.24) is 0 Å². The summed E-state index contributed by atoms with van der Waals surface area (Å²) in [6.07, 6.45) is 0.153. The first-order chi connectivity index (χ1) is 9.69. The lowest BCUT2D eigenvalue weighted by Crippen LogP contribution is -2.20. The number of methoxy groups -OCH3 is 1. The molecule has 1 aliphatic rings. The number of carbonyl (C=O) groups excluding carboxylic acids is 1. The summed E-state index contributed by atoms with van der Waals surface area (Å²) in [5.74, 6) is 1.44. The van der Waals surface area contributed by atoms with E-state index in [4.69, 9.17) is 9.47 Å². The molecule has 0 saturated carbocycles. The van der Waals surface area contributed by atoms with Crippen molar-refractivity contribution >= 4 is 28.4 Å². The Kier molecular flexibility index (Phi) is 3.65. The number of hydrogen-bond acceptors (Lipinski definition) is 3. The Hall–Kier alpha value is -1.56. The van der Waals surface area contributed by atoms with Crippen LogP contribution in [0.15, 0.2) is 42.5 Å². The molecule has 0 saturated heterocycles. The van der Waals surface area contributed by atoms with Gasteiger partial charge in [-0.2, -0.15) is 0 Å². The van der Waals surface area contributed by atoms with E-state index in [1.165, 1.54) is 0 Å². The van der Waals surface area contributed by atoms with Crippen LogP contribution in [0, 0.1) is 3.57 Å². The number of ketones is 1. The summed E-state index contributed by atoms with van der Waals surface area (Å²) in [5.41, 5.74) is 1.66. The van der Waals surface area contributed by atoms with Crippen molar-refractivity contribution in [2.75, 3.05) is 7.11 Å². The minimum atomic E-state index is -0.221. The number of benzene rings is 2. The van der Waals surface area contributed by atoms with Gasteiger partial charge < -0.3 is 9.47 Å². The monoisotopic (exact) mass is 380 g/mol. The molecule has 0 aliphatic carbocycles. The minimum absolute atomic E-state index is 0.112. The number of fused-ring (bicyclic) bond motifs is 1. The van der Waals surface area contributed by atoms with E-state index in [1.807, 2.05) is 36.4 Å². The third-order valence-electron chi connectivity index (χ3n) is 3.37. The molecule has 0 N–H and O–H groups in total. The molecule has 0 amide bonds. The highest BCUT2D eigenvalue weighted by Crippen LogP contribution is 2.38. The van der Waals surface area contributed by atoms with Gasteiger partial charge in [-0.25, -0.2) is 0 Å². The molecule has 3 nitrogen and oxygen atoms in total. The third-order valence-corrected chi connectivity index (χ3v) is 4.21. The van der Waals surface area contributed by atoms with Crippen molar-refractivity contribution in [3.05, 3.63) is 57.2 Å². The molecule has 0 bridgehead atoms. The number of hydrogen-bond donors (Lipinski definition) is 0. The standard InChI is InChI=1S/C16H13IO3/c1-19-16-9-15-11(7-12(16)17)13(18)8-14(20-15)10-5-3-2-4-6-10/h2-7,9,14H,8H2,1H3. The lowest BCUT2D eigenvalue weighted by molar-refractivity contribution is 0.0849. The summed E-state index contributed by atoms with van der Waals surface area (Å²) in [5, 5.41) is 0. The Bertz CT molecular complexity index is 652. The van der Waals surface area contributed by atoms with Crippen LogP contribution in [0.4, 0.5) is 0 Å². The summed E-state index contributed by atoms with van der Waals surface area (Å²) in [7, 11) is 1.61. The second-order valence-corrected chi connectivity index (χ2v) is 5.79. The Balaban J connectivity index is 2.00. The van der Waals surface area contributed by atoms with Crippen LogP contribution >= 0.6 is 22.6 Å². The second kappa shape index (κ2) is 5.44. The molecule has 0 radical (unpaired) electrons. The molecule has 2 aromatic rings. The highest BCUT2D eigenvalue weighted by atomic mass is 127. The van der Waals surface area contributed by atoms with E-state index in [1.54, 1.807) is 13.2 Å². The van der Waals surface area contributed by atoms with E-state index < -0.39 is 0 Å². The Morgan fingerprint density at radius 1 is 1.25 bits per heavy atom. The van der Waals surface area contributed by atoms with Gasteiger partial charge in [-0.15, -0.1) is 0 Å². The maximum absolute atomic E-state index is 12.3. The number of halogens is 1. The van der Waals surface area contributed by atoms with Crippen LogP contribution in [0.3, 0.4) is 0 Å². The van der Waals surface area contributed by atoms with Crippen molar-refractivity contribution in [2.24, 2.45) is 0 Å². The lowest BCUT2D eigenvalue weighted by Gasteiger charge is -2.26. The van der Waals surface area contributed by atoms with E-state index in [-0.39, 0.29) is 11.9 Å². The Morgan fingerprint density at radius 2 is 2.00 bits per heavy atom. The summed E-state index contributed by atoms with van der Waals surface area (Å²) in [6.45, 7) is 0. The third kappa shape index (κ3) is 2.40. The summed E-state index contributed by atoms with van der Waals surface area (Å²) < 4.78 is 12.2. The van der Waals surface area contributed by atoms with Gasteiger partial charge in [-0.3, -0.25) is 4.79 Å². The first-order valence-corrected chi connectivity index (χ1v) is 7.39. The molecule has 1 unspecified atom stereocenters. The van der Waals surface area contributed by atoms with E-state index in [9.17, 15) is 4.79 Å². The van der Waals surface area contributed by atoms with E-state index in [0.717, 1.165) is 14.9 Å². The number of carbonyl (C=O) groups is 1. The molecule has 20 heavy (non-hydrogen) atoms. The Morgan fingerprint density at radius 3 is 2.70 bits per heavy atom. The first-order valence-electron chi connectivity index (χ1n) is 6.31. The normalized spacial score (nSPS) is 17.3. The largest absolute Gasteiger partial charge is 0.496 e. The fraction of sp³-hybridized carbons (Fsp3) is 0.188. The molecule has 3 rings (SSSR count). The van der Waals surface area contributed by atoms with Crippen molar-refractivity contribution in [3.63, 3.8) is 0 Å². The number of rotatable bonds is 2. The van der Waals surface area contributed by atoms with Gasteiger partial charge in [0.15, 0.2) is 5.78 Å². The molecule has 1 aliphatic heterocycles. The van der Waals surface area contributed by atoms with Crippen LogP contribution in [0.5, 0.6) is 11.5 Å². The molecule has 1 atom stereocenters. The zero-order valence-electron chi connectivity index (χ0n) is 10.9. The van der Waals surface area contributed by atoms with Crippen molar-refractivity contribution in [2.45, 2.75) is 12.5 Å². The summed E-state index contributed by atoms with van der Waals surface area (Å²) >= 11 is 2.16. The Labute approximate surface area is 131 Å². The fourth-order valence-corrected chi connectivity index (χ4v) is 3.02. The highest BCUT2D eigenvalue weighted by molar-refractivity contribution is 14.1. The van der Waals surface area contributed by atoms with Crippen molar-refractivity contribution < 1.29 is 14.3 Å². The van der Waals surface area contributed by atoms with E-state index in [2.05, 4.69) is 22.6 Å². The van der Waals surface area contributed by atoms with Crippen LogP contribution in [-0.2, 0) is 0 Å². The quantitative estimate of drug-likeness (QED) is 0.739. The molecule has 1 heterocycles. The van der Waals surface area contributed by atoms with Gasteiger partial charge >= 0.3 is 0 Å². The van der Waals surface area contributed by atoms with Gasteiger partial charge in [0.05, 0.1) is 22.7 Å². The molecular weight excluding hydrogens is 367 g/mol. The van der Waals surface area contributed by atoms with Crippen molar-refractivity contribution in [1.29, 1.82) is 0 Å². The van der Waals surface area contributed by atoms with Gasteiger partial charge in [-0.05, 0) is 34.2 Å². The van der Waals surface area contributed by atoms with Gasteiger partial charge in [0.2, 0.25) is 0 Å². The van der Waals surface area contributed by atoms with Crippen LogP contribution in [0.25, 0.3) is 0 Å². The topological polar surface area (TPSA) is 35.5 Å². The highest BCUT2D eigenvalue weighted by Gasteiger charge is 2.28. The smallest absolute Gasteiger partial charge is 0.170 e. The van der Waals surface area contributed by atoms with Crippen LogP contribution in [0.1, 0.15) is 28.4 Å². The molecular formula is C16H13IO3. The average Bonchev–Trinajstić information content (AvgIpc) is 2.48. The van der Waals surface area contributed by atoms with Gasteiger partial charge in [0, 0.05) is 6.07 Å². The maximum Gasteiger partial charge on any atom is 0.170 e. The lowest BCUT2D eigenvalue weighted by atomic mass is 9.96. The molecule has 4 heteroatoms. The SMILES string of the molecule is COc1cc2c(cc1I)C(=O)CC(c1ccccc1)O2. The molecule has 102 valence electrons. The summed E-state index contributed by atoms with van der Waals surface area (Å²) in [4.78, 5) is 12.3. The zero-order chi connectivity index (χ0) is 14.1. The van der Waals surface area contributed by atoms with Crippen LogP contribution in [-0.4, -0.2) is 12.9 Å². The van der Waals surface area contributed by atoms with Gasteiger partial charge in [0.25, 0.3) is 0 Å². The number of ether oxygens (including phenoxy) is 2. The molecule has 0 spiro atoms. The molecule has 2 aromatic carbocycles. The minimum Gasteiger partial charge on any atom is -0.496 e. The predicted molar refractivity (Wildman–Crippen MR) is 84.5 cm³/mol. The van der Waals surface area contributed by atoms with Crippen molar-refractivity contribution in [3.8, 4) is 11.5 Å². The fourth-order valence-electron chi connectivity index (χ4n) is 2.33. The van der Waals surface area contributed by atoms with Crippen LogP contribution in [0.2, 0.25) is 0 Å². The zero-order valence-corrected chi connectivity index (χ0v) is 13.1. The van der Waals surface area contributed by atoms with Crippen LogP contribution < -0.4 is 9.47 Å². The maximum atomic E-state index is 12.3. The molecule has 0 fully saturated rings. The van der Waals surface area contributed by atoms with E-state index in [0.29, 0.717) is 17.7 Å². The number of Topliss-reactive ketones (excluding diaryl/α,β-unsaturated/α-hetero) is 1.